The number of hydrogen-bond donors (Lipinski definition) is 3. The second kappa shape index (κ2) is 9.05. The van der Waals surface area contributed by atoms with Gasteiger partial charge in [-0.05, 0) is 57.4 Å². The Morgan fingerprint density at radius 2 is 1.79 bits per heavy atom. The smallest absolute Gasteiger partial charge is 0.339 e. The van der Waals surface area contributed by atoms with Gasteiger partial charge in [-0.3, -0.25) is 9.59 Å². The van der Waals surface area contributed by atoms with Crippen molar-refractivity contribution in [2.24, 2.45) is 0 Å². The first-order valence-electron chi connectivity index (χ1n) is 9.58. The van der Waals surface area contributed by atoms with Gasteiger partial charge in [0.2, 0.25) is 5.78 Å². The number of carbonyl (C=O) groups excluding carboxylic acids is 3. The van der Waals surface area contributed by atoms with Gasteiger partial charge < -0.3 is 19.9 Å². The third kappa shape index (κ3) is 4.74. The van der Waals surface area contributed by atoms with Crippen molar-refractivity contribution in [2.75, 3.05) is 26.0 Å². The van der Waals surface area contributed by atoms with E-state index in [1.54, 1.807) is 27.8 Å². The first-order valence-corrected chi connectivity index (χ1v) is 9.58. The number of ketones is 1. The highest BCUT2D eigenvalue weighted by atomic mass is 16.5. The fourth-order valence-electron chi connectivity index (χ4n) is 3.33. The first-order chi connectivity index (χ1) is 13.6. The Balaban J connectivity index is 2.11. The van der Waals surface area contributed by atoms with Crippen molar-refractivity contribution in [1.29, 1.82) is 0 Å². The number of nitrogens with one attached hydrogen (secondary N) is 3. The van der Waals surface area contributed by atoms with Gasteiger partial charge in [-0.15, -0.1) is 0 Å². The van der Waals surface area contributed by atoms with Crippen molar-refractivity contribution in [3.8, 4) is 0 Å². The van der Waals surface area contributed by atoms with Crippen LogP contribution in [0.4, 0.5) is 5.69 Å². The second-order valence-corrected chi connectivity index (χ2v) is 7.52. The summed E-state index contributed by atoms with van der Waals surface area (Å²) in [6.45, 7) is 9.32. The van der Waals surface area contributed by atoms with Crippen LogP contribution in [0.5, 0.6) is 0 Å². The Bertz CT molecular complexity index is 946. The van der Waals surface area contributed by atoms with Crippen molar-refractivity contribution in [2.45, 2.75) is 40.7 Å². The maximum absolute atomic E-state index is 13.0. The van der Waals surface area contributed by atoms with Crippen molar-refractivity contribution >= 4 is 23.3 Å². The highest BCUT2D eigenvalue weighted by Crippen LogP contribution is 2.20. The predicted molar refractivity (Wildman–Crippen MR) is 112 cm³/mol. The molecule has 7 nitrogen and oxygen atoms in total. The summed E-state index contributed by atoms with van der Waals surface area (Å²) in [7, 11) is 3.11. The van der Waals surface area contributed by atoms with E-state index in [1.165, 1.54) is 7.11 Å². The average molecular weight is 400 g/mol. The van der Waals surface area contributed by atoms with E-state index in [4.69, 9.17) is 4.74 Å². The van der Waals surface area contributed by atoms with Crippen LogP contribution in [0, 0.1) is 27.7 Å². The van der Waals surface area contributed by atoms with Gasteiger partial charge >= 0.3 is 5.97 Å². The number of H-pyrrole nitrogens is 1. The molecule has 0 bridgehead atoms. The third-order valence-corrected chi connectivity index (χ3v) is 5.52. The molecular formula is C22H30N3O4+. The summed E-state index contributed by atoms with van der Waals surface area (Å²) in [4.78, 5) is 41.2. The Hall–Kier alpha value is -2.93. The molecule has 0 saturated heterocycles. The number of esters is 1. The molecule has 0 fully saturated rings. The molecule has 2 rings (SSSR count). The van der Waals surface area contributed by atoms with Crippen LogP contribution in [0.1, 0.15) is 50.2 Å². The minimum atomic E-state index is -0.475. The normalized spacial score (nSPS) is 12.9. The lowest BCUT2D eigenvalue weighted by atomic mass is 10.0. The van der Waals surface area contributed by atoms with Gasteiger partial charge in [0.25, 0.3) is 5.91 Å². The van der Waals surface area contributed by atoms with Gasteiger partial charge in [0, 0.05) is 11.4 Å². The van der Waals surface area contributed by atoms with Crippen LogP contribution in [0.2, 0.25) is 0 Å². The summed E-state index contributed by atoms with van der Waals surface area (Å²) in [6, 6.07) is 5.29. The number of methoxy groups -OCH3 is 1. The molecule has 0 radical (unpaired) electrons. The van der Waals surface area contributed by atoms with Gasteiger partial charge in [-0.2, -0.15) is 0 Å². The monoisotopic (exact) mass is 400 g/mol. The number of aromatic nitrogens is 1. The fourth-order valence-corrected chi connectivity index (χ4v) is 3.33. The summed E-state index contributed by atoms with van der Waals surface area (Å²) >= 11 is 0. The predicted octanol–water partition coefficient (Wildman–Crippen LogP) is 1.76. The lowest BCUT2D eigenvalue weighted by Gasteiger charge is -2.20. The van der Waals surface area contributed by atoms with Crippen LogP contribution in [-0.4, -0.2) is 49.4 Å². The molecule has 1 unspecified atom stereocenters. The largest absolute Gasteiger partial charge is 0.465 e. The number of rotatable bonds is 7. The lowest BCUT2D eigenvalue weighted by Crippen LogP contribution is -3.14. The molecular weight excluding hydrogens is 370 g/mol. The molecule has 0 aliphatic heterocycles. The van der Waals surface area contributed by atoms with Gasteiger partial charge in [0.15, 0.2) is 12.6 Å². The zero-order valence-electron chi connectivity index (χ0n) is 18.1. The number of ether oxygens (including phenoxy) is 1. The van der Waals surface area contributed by atoms with Gasteiger partial charge in [0.1, 0.15) is 0 Å². The van der Waals surface area contributed by atoms with Crippen LogP contribution in [0.25, 0.3) is 0 Å². The van der Waals surface area contributed by atoms with Crippen molar-refractivity contribution in [3.05, 3.63) is 51.8 Å². The molecule has 2 atom stereocenters. The summed E-state index contributed by atoms with van der Waals surface area (Å²) in [5.74, 6) is -0.792. The van der Waals surface area contributed by atoms with Crippen LogP contribution in [-0.2, 0) is 9.53 Å². The van der Waals surface area contributed by atoms with Crippen molar-refractivity contribution < 1.29 is 24.0 Å². The summed E-state index contributed by atoms with van der Waals surface area (Å²) in [5, 5.41) is 2.92. The quantitative estimate of drug-likeness (QED) is 0.488. The van der Waals surface area contributed by atoms with Crippen molar-refractivity contribution in [1.82, 2.24) is 4.98 Å². The highest BCUT2D eigenvalue weighted by molar-refractivity contribution is 6.03. The molecule has 0 spiro atoms. The van der Waals surface area contributed by atoms with Gasteiger partial charge in [-0.1, -0.05) is 12.1 Å². The molecule has 2 aromatic rings. The Labute approximate surface area is 171 Å². The number of quaternary nitrogens is 1. The zero-order chi connectivity index (χ0) is 21.9. The Morgan fingerprint density at radius 1 is 1.14 bits per heavy atom. The lowest BCUT2D eigenvalue weighted by molar-refractivity contribution is -0.885. The molecule has 1 aromatic carbocycles. The second-order valence-electron chi connectivity index (χ2n) is 7.52. The molecule has 0 aliphatic rings. The average Bonchev–Trinajstić information content (AvgIpc) is 2.97. The van der Waals surface area contributed by atoms with E-state index in [0.717, 1.165) is 21.7 Å². The zero-order valence-corrected chi connectivity index (χ0v) is 18.1. The molecule has 1 heterocycles. The molecule has 0 saturated carbocycles. The number of anilines is 1. The van der Waals surface area contributed by atoms with E-state index >= 15 is 0 Å². The molecule has 3 N–H and O–H groups in total. The minimum Gasteiger partial charge on any atom is -0.465 e. The summed E-state index contributed by atoms with van der Waals surface area (Å²) in [5.41, 5.74) is 4.83. The Morgan fingerprint density at radius 3 is 2.41 bits per heavy atom. The topological polar surface area (TPSA) is 92.7 Å². The Kier molecular flexibility index (Phi) is 6.97. The fraction of sp³-hybridized carbons (Fsp3) is 0.409. The highest BCUT2D eigenvalue weighted by Gasteiger charge is 2.30. The van der Waals surface area contributed by atoms with Crippen LogP contribution < -0.4 is 10.2 Å². The van der Waals surface area contributed by atoms with E-state index < -0.39 is 12.0 Å². The van der Waals surface area contributed by atoms with Crippen LogP contribution >= 0.6 is 0 Å². The van der Waals surface area contributed by atoms with Crippen LogP contribution in [0.15, 0.2) is 18.2 Å². The number of aromatic amines is 1. The van der Waals surface area contributed by atoms with E-state index in [0.29, 0.717) is 22.5 Å². The van der Waals surface area contributed by atoms with Crippen LogP contribution in [0.3, 0.4) is 0 Å². The number of carbonyl (C=O) groups is 3. The number of Topliss-reactive ketones (excluding diaryl/α,β-unsaturated/α-hetero) is 1. The summed E-state index contributed by atoms with van der Waals surface area (Å²) < 4.78 is 4.80. The third-order valence-electron chi connectivity index (χ3n) is 5.52. The molecule has 1 aromatic heterocycles. The number of hydrogen-bond acceptors (Lipinski definition) is 4. The molecule has 156 valence electrons. The van der Waals surface area contributed by atoms with Gasteiger partial charge in [-0.25, -0.2) is 4.79 Å². The standard InChI is InChI=1S/C22H29N3O4/c1-12-9-8-10-17(13(12)2)24-18(26)11-25(6)16(5)21(27)20-14(3)19(15(4)23-20)22(28)29-7/h8-10,16,23H,11H2,1-7H3,(H,24,26)/p+1/t16-/m0/s1. The minimum absolute atomic E-state index is 0.142. The maximum Gasteiger partial charge on any atom is 0.339 e. The molecule has 1 amide bonds. The number of benzene rings is 1. The SMILES string of the molecule is COC(=O)c1c(C)[nH]c(C(=O)[C@H](C)[NH+](C)CC(=O)Nc2cccc(C)c2C)c1C. The van der Waals surface area contributed by atoms with Gasteiger partial charge in [0.05, 0.1) is 25.4 Å². The van der Waals surface area contributed by atoms with E-state index in [-0.39, 0.29) is 18.2 Å². The summed E-state index contributed by atoms with van der Waals surface area (Å²) in [6.07, 6.45) is 0. The first kappa shape index (κ1) is 22.4. The number of likely N-dealkylation sites (N-methyl/N-ethyl adjacent to an activating group) is 1. The van der Waals surface area contributed by atoms with E-state index in [9.17, 15) is 14.4 Å². The number of aryl methyl sites for hydroxylation is 2. The molecule has 29 heavy (non-hydrogen) atoms. The van der Waals surface area contributed by atoms with E-state index in [2.05, 4.69) is 10.3 Å². The maximum atomic E-state index is 13.0. The van der Waals surface area contributed by atoms with Crippen molar-refractivity contribution in [3.63, 3.8) is 0 Å². The molecule has 0 aliphatic carbocycles. The number of amides is 1. The molecule has 7 heteroatoms. The van der Waals surface area contributed by atoms with E-state index in [1.807, 2.05) is 32.0 Å².